The standard InChI is InChI=1S/C26H29N3O/c1-19-9-7-12-21(15-19)26-27-24-18-23(30-14-8-13-29(2)3)17-22(25(24)28-26)16-20-10-5-4-6-11-20/h4-7,9-12,15,17-18H,8,13-14,16H2,1-3H3,(H,27,28). The fourth-order valence-electron chi connectivity index (χ4n) is 3.69. The topological polar surface area (TPSA) is 41.1 Å². The Morgan fingerprint density at radius 3 is 2.57 bits per heavy atom. The van der Waals surface area contributed by atoms with Crippen molar-refractivity contribution in [2.45, 2.75) is 19.8 Å². The van der Waals surface area contributed by atoms with Crippen LogP contribution in [0.3, 0.4) is 0 Å². The summed E-state index contributed by atoms with van der Waals surface area (Å²) in [6.45, 7) is 3.82. The van der Waals surface area contributed by atoms with Crippen LogP contribution in [0.15, 0.2) is 66.7 Å². The zero-order valence-corrected chi connectivity index (χ0v) is 18.0. The third-order valence-corrected chi connectivity index (χ3v) is 5.19. The van der Waals surface area contributed by atoms with Crippen molar-refractivity contribution in [3.63, 3.8) is 0 Å². The highest BCUT2D eigenvalue weighted by Crippen LogP contribution is 2.29. The Balaban J connectivity index is 1.69. The predicted octanol–water partition coefficient (Wildman–Crippen LogP) is 5.46. The molecule has 0 saturated carbocycles. The summed E-state index contributed by atoms with van der Waals surface area (Å²) >= 11 is 0. The van der Waals surface area contributed by atoms with Gasteiger partial charge in [-0.15, -0.1) is 0 Å². The third-order valence-electron chi connectivity index (χ3n) is 5.19. The summed E-state index contributed by atoms with van der Waals surface area (Å²) in [6, 6.07) is 23.2. The van der Waals surface area contributed by atoms with Gasteiger partial charge in [0.1, 0.15) is 11.6 Å². The average molecular weight is 400 g/mol. The highest BCUT2D eigenvalue weighted by atomic mass is 16.5. The number of aromatic nitrogens is 2. The molecule has 1 heterocycles. The highest BCUT2D eigenvalue weighted by molar-refractivity contribution is 5.84. The first kappa shape index (κ1) is 20.2. The number of fused-ring (bicyclic) bond motifs is 1. The lowest BCUT2D eigenvalue weighted by Gasteiger charge is -2.12. The highest BCUT2D eigenvalue weighted by Gasteiger charge is 2.13. The molecule has 1 aromatic heterocycles. The molecule has 0 spiro atoms. The second-order valence-corrected chi connectivity index (χ2v) is 8.10. The Bertz CT molecular complexity index is 1120. The molecule has 0 fully saturated rings. The molecule has 30 heavy (non-hydrogen) atoms. The van der Waals surface area contributed by atoms with Crippen LogP contribution in [-0.4, -0.2) is 42.1 Å². The Labute approximate surface area is 178 Å². The molecule has 4 rings (SSSR count). The molecule has 0 bridgehead atoms. The molecule has 0 unspecified atom stereocenters. The van der Waals surface area contributed by atoms with E-state index in [2.05, 4.69) is 91.6 Å². The molecule has 0 aliphatic heterocycles. The second-order valence-electron chi connectivity index (χ2n) is 8.10. The van der Waals surface area contributed by atoms with Gasteiger partial charge in [-0.2, -0.15) is 0 Å². The Morgan fingerprint density at radius 2 is 1.80 bits per heavy atom. The minimum atomic E-state index is 0.702. The first-order valence-electron chi connectivity index (χ1n) is 10.5. The number of hydrogen-bond acceptors (Lipinski definition) is 3. The van der Waals surface area contributed by atoms with Gasteiger partial charge in [-0.1, -0.05) is 54.1 Å². The molecule has 0 radical (unpaired) electrons. The summed E-state index contributed by atoms with van der Waals surface area (Å²) in [5, 5.41) is 0. The van der Waals surface area contributed by atoms with E-state index in [-0.39, 0.29) is 0 Å². The third kappa shape index (κ3) is 4.89. The van der Waals surface area contributed by atoms with E-state index in [4.69, 9.17) is 9.72 Å². The number of rotatable bonds is 8. The van der Waals surface area contributed by atoms with Gasteiger partial charge in [0.2, 0.25) is 0 Å². The average Bonchev–Trinajstić information content (AvgIpc) is 3.16. The molecule has 0 amide bonds. The van der Waals surface area contributed by atoms with Crippen LogP contribution in [0.5, 0.6) is 5.75 Å². The molecule has 4 nitrogen and oxygen atoms in total. The summed E-state index contributed by atoms with van der Waals surface area (Å²) < 4.78 is 6.10. The van der Waals surface area contributed by atoms with Gasteiger partial charge in [-0.05, 0) is 57.1 Å². The molecule has 0 aliphatic carbocycles. The van der Waals surface area contributed by atoms with Crippen molar-refractivity contribution >= 4 is 11.0 Å². The van der Waals surface area contributed by atoms with Crippen molar-refractivity contribution in [1.29, 1.82) is 0 Å². The van der Waals surface area contributed by atoms with Gasteiger partial charge in [-0.3, -0.25) is 0 Å². The number of H-pyrrole nitrogens is 1. The molecule has 0 aliphatic rings. The first-order valence-corrected chi connectivity index (χ1v) is 10.5. The SMILES string of the molecule is Cc1cccc(-c2nc3c(Cc4ccccc4)cc(OCCCN(C)C)cc3[nH]2)c1. The van der Waals surface area contributed by atoms with E-state index in [0.717, 1.165) is 47.6 Å². The van der Waals surface area contributed by atoms with Crippen molar-refractivity contribution in [1.82, 2.24) is 14.9 Å². The molecule has 4 heteroatoms. The van der Waals surface area contributed by atoms with E-state index >= 15 is 0 Å². The van der Waals surface area contributed by atoms with E-state index in [1.807, 2.05) is 6.07 Å². The zero-order chi connectivity index (χ0) is 20.9. The van der Waals surface area contributed by atoms with Crippen LogP contribution < -0.4 is 4.74 Å². The number of benzene rings is 3. The fraction of sp³-hybridized carbons (Fsp3) is 0.269. The van der Waals surface area contributed by atoms with Crippen molar-refractivity contribution < 1.29 is 4.74 Å². The summed E-state index contributed by atoms with van der Waals surface area (Å²) in [6.07, 6.45) is 1.82. The van der Waals surface area contributed by atoms with E-state index in [1.54, 1.807) is 0 Å². The van der Waals surface area contributed by atoms with Gasteiger partial charge in [0.05, 0.1) is 17.6 Å². The van der Waals surface area contributed by atoms with Gasteiger partial charge in [0, 0.05) is 18.2 Å². The Hall–Kier alpha value is -3.11. The minimum absolute atomic E-state index is 0.702. The molecule has 1 N–H and O–H groups in total. The maximum Gasteiger partial charge on any atom is 0.138 e. The minimum Gasteiger partial charge on any atom is -0.493 e. The lowest BCUT2D eigenvalue weighted by atomic mass is 10.0. The van der Waals surface area contributed by atoms with Crippen molar-refractivity contribution in [3.8, 4) is 17.1 Å². The van der Waals surface area contributed by atoms with E-state index in [9.17, 15) is 0 Å². The monoisotopic (exact) mass is 399 g/mol. The maximum atomic E-state index is 6.10. The predicted molar refractivity (Wildman–Crippen MR) is 124 cm³/mol. The summed E-state index contributed by atoms with van der Waals surface area (Å²) in [4.78, 5) is 10.7. The Kier molecular flexibility index (Phi) is 6.15. The summed E-state index contributed by atoms with van der Waals surface area (Å²) in [5.74, 6) is 1.79. The molecule has 4 aromatic rings. The number of imidazole rings is 1. The first-order chi connectivity index (χ1) is 14.6. The van der Waals surface area contributed by atoms with Crippen LogP contribution in [0, 0.1) is 6.92 Å². The van der Waals surface area contributed by atoms with Gasteiger partial charge < -0.3 is 14.6 Å². The van der Waals surface area contributed by atoms with Crippen LogP contribution in [0.25, 0.3) is 22.4 Å². The van der Waals surface area contributed by atoms with Gasteiger partial charge in [0.15, 0.2) is 0 Å². The van der Waals surface area contributed by atoms with Crippen LogP contribution >= 0.6 is 0 Å². The zero-order valence-electron chi connectivity index (χ0n) is 18.0. The van der Waals surface area contributed by atoms with Gasteiger partial charge in [0.25, 0.3) is 0 Å². The van der Waals surface area contributed by atoms with Crippen LogP contribution in [0.4, 0.5) is 0 Å². The largest absolute Gasteiger partial charge is 0.493 e. The summed E-state index contributed by atoms with van der Waals surface area (Å²) in [5.41, 5.74) is 6.80. The summed E-state index contributed by atoms with van der Waals surface area (Å²) in [7, 11) is 4.17. The van der Waals surface area contributed by atoms with Crippen LogP contribution in [-0.2, 0) is 6.42 Å². The van der Waals surface area contributed by atoms with Gasteiger partial charge in [-0.25, -0.2) is 4.98 Å². The number of hydrogen-bond donors (Lipinski definition) is 1. The van der Waals surface area contributed by atoms with E-state index in [0.29, 0.717) is 6.61 Å². The number of nitrogens with zero attached hydrogens (tertiary/aromatic N) is 2. The second kappa shape index (κ2) is 9.14. The van der Waals surface area contributed by atoms with Crippen molar-refractivity contribution in [3.05, 3.63) is 83.4 Å². The number of ether oxygens (including phenoxy) is 1. The smallest absolute Gasteiger partial charge is 0.138 e. The van der Waals surface area contributed by atoms with Crippen LogP contribution in [0.2, 0.25) is 0 Å². The molecule has 3 aromatic carbocycles. The van der Waals surface area contributed by atoms with Gasteiger partial charge >= 0.3 is 0 Å². The molecular formula is C26H29N3O. The van der Waals surface area contributed by atoms with Crippen molar-refractivity contribution in [2.75, 3.05) is 27.2 Å². The number of aromatic amines is 1. The Morgan fingerprint density at radius 1 is 0.967 bits per heavy atom. The molecule has 154 valence electrons. The number of aryl methyl sites for hydroxylation is 1. The van der Waals surface area contributed by atoms with Crippen molar-refractivity contribution in [2.24, 2.45) is 0 Å². The maximum absolute atomic E-state index is 6.10. The lowest BCUT2D eigenvalue weighted by Crippen LogP contribution is -2.15. The fourth-order valence-corrected chi connectivity index (χ4v) is 3.69. The molecule has 0 atom stereocenters. The normalized spacial score (nSPS) is 11.3. The molecular weight excluding hydrogens is 370 g/mol. The van der Waals surface area contributed by atoms with Crippen LogP contribution in [0.1, 0.15) is 23.1 Å². The molecule has 0 saturated heterocycles. The quantitative estimate of drug-likeness (QED) is 0.400. The lowest BCUT2D eigenvalue weighted by molar-refractivity contribution is 0.281. The number of nitrogens with one attached hydrogen (secondary N) is 1. The van der Waals surface area contributed by atoms with E-state index in [1.165, 1.54) is 16.7 Å². The van der Waals surface area contributed by atoms with E-state index < -0.39 is 0 Å².